The number of pyridine rings is 1. The van der Waals surface area contributed by atoms with E-state index in [0.717, 1.165) is 4.90 Å². The molecule has 7 nitrogen and oxygen atoms in total. The topological polar surface area (TPSA) is 96.8 Å². The Hall–Kier alpha value is -2.28. The van der Waals surface area contributed by atoms with Gasteiger partial charge in [0.25, 0.3) is 11.8 Å². The van der Waals surface area contributed by atoms with Crippen LogP contribution in [0.4, 0.5) is 0 Å². The fourth-order valence-corrected chi connectivity index (χ4v) is 1.70. The molecule has 0 bridgehead atoms. The molecule has 1 atom stereocenters. The summed E-state index contributed by atoms with van der Waals surface area (Å²) in [5.41, 5.74) is 0.227. The van der Waals surface area contributed by atoms with Crippen molar-refractivity contribution in [3.8, 4) is 0 Å². The predicted molar refractivity (Wildman–Crippen MR) is 58.0 cm³/mol. The van der Waals surface area contributed by atoms with Crippen molar-refractivity contribution in [2.75, 3.05) is 13.7 Å². The van der Waals surface area contributed by atoms with Gasteiger partial charge in [-0.25, -0.2) is 4.79 Å². The number of carboxylic acid groups (broad SMARTS) is 1. The van der Waals surface area contributed by atoms with Crippen LogP contribution in [-0.2, 0) is 9.53 Å². The van der Waals surface area contributed by atoms with Crippen molar-refractivity contribution in [1.82, 2.24) is 9.88 Å². The summed E-state index contributed by atoms with van der Waals surface area (Å²) in [5, 5.41) is 8.83. The SMILES string of the molecule is COC(CN1C(=O)c2cccnc2C1=O)C(=O)O. The standard InChI is InChI=1S/C11H10N2O5/c1-18-7(11(16)17)5-13-9(14)6-3-2-4-12-8(6)10(13)15/h2-4,7H,5H2,1H3,(H,16,17). The highest BCUT2D eigenvalue weighted by Gasteiger charge is 2.38. The van der Waals surface area contributed by atoms with Crippen molar-refractivity contribution in [3.05, 3.63) is 29.6 Å². The Labute approximate surface area is 102 Å². The minimum absolute atomic E-state index is 0.0442. The van der Waals surface area contributed by atoms with Crippen LogP contribution in [0.3, 0.4) is 0 Å². The van der Waals surface area contributed by atoms with Gasteiger partial charge in [0.05, 0.1) is 12.1 Å². The van der Waals surface area contributed by atoms with Crippen molar-refractivity contribution in [2.45, 2.75) is 6.10 Å². The number of aliphatic carboxylic acids is 1. The number of nitrogens with zero attached hydrogens (tertiary/aromatic N) is 2. The van der Waals surface area contributed by atoms with Gasteiger partial charge in [-0.15, -0.1) is 0 Å². The highest BCUT2D eigenvalue weighted by Crippen LogP contribution is 2.20. The number of ether oxygens (including phenoxy) is 1. The molecule has 1 aliphatic heterocycles. The zero-order valence-electron chi connectivity index (χ0n) is 9.49. The smallest absolute Gasteiger partial charge is 0.334 e. The maximum absolute atomic E-state index is 11.9. The first-order chi connectivity index (χ1) is 8.56. The number of imide groups is 1. The molecule has 94 valence electrons. The van der Waals surface area contributed by atoms with E-state index in [1.54, 1.807) is 6.07 Å². The van der Waals surface area contributed by atoms with E-state index in [-0.39, 0.29) is 17.8 Å². The second kappa shape index (κ2) is 4.53. The van der Waals surface area contributed by atoms with Crippen molar-refractivity contribution >= 4 is 17.8 Å². The van der Waals surface area contributed by atoms with Gasteiger partial charge in [-0.3, -0.25) is 19.5 Å². The second-order valence-electron chi connectivity index (χ2n) is 3.68. The predicted octanol–water partition coefficient (Wildman–Crippen LogP) is -0.223. The Kier molecular flexibility index (Phi) is 3.07. The summed E-state index contributed by atoms with van der Waals surface area (Å²) >= 11 is 0. The zero-order chi connectivity index (χ0) is 13.3. The molecule has 0 spiro atoms. The van der Waals surface area contributed by atoms with Crippen molar-refractivity contribution in [1.29, 1.82) is 0 Å². The number of carbonyl (C=O) groups excluding carboxylic acids is 2. The van der Waals surface area contributed by atoms with Gasteiger partial charge in [-0.05, 0) is 12.1 Å². The van der Waals surface area contributed by atoms with Crippen LogP contribution < -0.4 is 0 Å². The number of amides is 2. The average molecular weight is 250 g/mol. The largest absolute Gasteiger partial charge is 0.479 e. The number of methoxy groups -OCH3 is 1. The molecule has 0 aromatic carbocycles. The second-order valence-corrected chi connectivity index (χ2v) is 3.68. The van der Waals surface area contributed by atoms with E-state index in [1.807, 2.05) is 0 Å². The van der Waals surface area contributed by atoms with Crippen molar-refractivity contribution in [3.63, 3.8) is 0 Å². The Morgan fingerprint density at radius 3 is 2.78 bits per heavy atom. The Bertz CT molecular complexity index is 493. The lowest BCUT2D eigenvalue weighted by Crippen LogP contribution is -2.41. The summed E-state index contributed by atoms with van der Waals surface area (Å²) in [5.74, 6) is -2.38. The molecule has 1 aliphatic rings. The van der Waals surface area contributed by atoms with Gasteiger partial charge in [-0.2, -0.15) is 0 Å². The maximum atomic E-state index is 11.9. The van der Waals surface area contributed by atoms with Gasteiger partial charge in [-0.1, -0.05) is 0 Å². The molecule has 1 aromatic heterocycles. The molecule has 1 aromatic rings. The highest BCUT2D eigenvalue weighted by molar-refractivity contribution is 6.20. The summed E-state index contributed by atoms with van der Waals surface area (Å²) in [6, 6.07) is 3.02. The molecule has 0 aliphatic carbocycles. The van der Waals surface area contributed by atoms with Crippen LogP contribution >= 0.6 is 0 Å². The monoisotopic (exact) mass is 250 g/mol. The lowest BCUT2D eigenvalue weighted by Gasteiger charge is -2.17. The van der Waals surface area contributed by atoms with Crippen LogP contribution in [-0.4, -0.2) is 52.5 Å². The van der Waals surface area contributed by atoms with Crippen LogP contribution in [0.2, 0.25) is 0 Å². The first-order valence-corrected chi connectivity index (χ1v) is 5.13. The first-order valence-electron chi connectivity index (χ1n) is 5.13. The number of aromatic nitrogens is 1. The molecule has 0 saturated carbocycles. The van der Waals surface area contributed by atoms with E-state index in [4.69, 9.17) is 9.84 Å². The third-order valence-corrected chi connectivity index (χ3v) is 2.64. The third kappa shape index (κ3) is 1.84. The minimum atomic E-state index is -1.24. The van der Waals surface area contributed by atoms with E-state index < -0.39 is 23.9 Å². The molecule has 2 heterocycles. The number of hydrogen-bond donors (Lipinski definition) is 1. The summed E-state index contributed by atoms with van der Waals surface area (Å²) in [6.45, 7) is -0.333. The van der Waals surface area contributed by atoms with Crippen LogP contribution in [0, 0.1) is 0 Å². The number of fused-ring (bicyclic) bond motifs is 1. The Morgan fingerprint density at radius 1 is 1.50 bits per heavy atom. The van der Waals surface area contributed by atoms with Crippen LogP contribution in [0.15, 0.2) is 18.3 Å². The molecule has 0 radical (unpaired) electrons. The van der Waals surface area contributed by atoms with E-state index in [9.17, 15) is 14.4 Å². The minimum Gasteiger partial charge on any atom is -0.479 e. The maximum Gasteiger partial charge on any atom is 0.334 e. The van der Waals surface area contributed by atoms with E-state index >= 15 is 0 Å². The number of hydrogen-bond acceptors (Lipinski definition) is 5. The molecular weight excluding hydrogens is 240 g/mol. The fourth-order valence-electron chi connectivity index (χ4n) is 1.70. The molecule has 1 unspecified atom stereocenters. The highest BCUT2D eigenvalue weighted by atomic mass is 16.5. The van der Waals surface area contributed by atoms with E-state index in [1.165, 1.54) is 19.4 Å². The summed E-state index contributed by atoms with van der Waals surface area (Å²) in [6.07, 6.45) is 0.158. The molecule has 7 heteroatoms. The lowest BCUT2D eigenvalue weighted by molar-refractivity contribution is -0.148. The molecule has 2 amide bonds. The van der Waals surface area contributed by atoms with E-state index in [2.05, 4.69) is 4.98 Å². The molecule has 0 saturated heterocycles. The third-order valence-electron chi connectivity index (χ3n) is 2.64. The number of rotatable bonds is 4. The van der Waals surface area contributed by atoms with Gasteiger partial charge >= 0.3 is 5.97 Å². The summed E-state index contributed by atoms with van der Waals surface area (Å²) in [7, 11) is 1.20. The van der Waals surface area contributed by atoms with Crippen molar-refractivity contribution < 1.29 is 24.2 Å². The Morgan fingerprint density at radius 2 is 2.22 bits per heavy atom. The van der Waals surface area contributed by atoms with Crippen LogP contribution in [0.1, 0.15) is 20.8 Å². The Balaban J connectivity index is 2.26. The van der Waals surface area contributed by atoms with Gasteiger partial charge in [0.15, 0.2) is 6.10 Å². The van der Waals surface area contributed by atoms with E-state index in [0.29, 0.717) is 0 Å². The first kappa shape index (κ1) is 12.2. The molecule has 0 fully saturated rings. The van der Waals surface area contributed by atoms with Gasteiger partial charge < -0.3 is 9.84 Å². The normalized spacial score (nSPS) is 15.7. The molecule has 18 heavy (non-hydrogen) atoms. The van der Waals surface area contributed by atoms with Crippen LogP contribution in [0.25, 0.3) is 0 Å². The van der Waals surface area contributed by atoms with Crippen molar-refractivity contribution in [2.24, 2.45) is 0 Å². The summed E-state index contributed by atoms with van der Waals surface area (Å²) in [4.78, 5) is 39.2. The molecule has 1 N–H and O–H groups in total. The average Bonchev–Trinajstić information content (AvgIpc) is 2.60. The quantitative estimate of drug-likeness (QED) is 0.742. The number of carbonyl (C=O) groups is 3. The van der Waals surface area contributed by atoms with Gasteiger partial charge in [0.2, 0.25) is 0 Å². The molecular formula is C11H10N2O5. The van der Waals surface area contributed by atoms with Gasteiger partial charge in [0.1, 0.15) is 5.69 Å². The zero-order valence-corrected chi connectivity index (χ0v) is 9.49. The van der Waals surface area contributed by atoms with Crippen LogP contribution in [0.5, 0.6) is 0 Å². The summed E-state index contributed by atoms with van der Waals surface area (Å²) < 4.78 is 4.70. The van der Waals surface area contributed by atoms with Gasteiger partial charge in [0, 0.05) is 13.3 Å². The lowest BCUT2D eigenvalue weighted by atomic mass is 10.2. The number of carboxylic acids is 1. The molecule has 2 rings (SSSR count). The fraction of sp³-hybridized carbons (Fsp3) is 0.273.